The molecule has 0 aromatic heterocycles. The minimum atomic E-state index is -1.11. The van der Waals surface area contributed by atoms with Gasteiger partial charge in [-0.3, -0.25) is 14.4 Å². The summed E-state index contributed by atoms with van der Waals surface area (Å²) in [7, 11) is 1.60. The highest BCUT2D eigenvalue weighted by Crippen LogP contribution is 2.35. The molecular formula is C16H17NO4S. The summed E-state index contributed by atoms with van der Waals surface area (Å²) in [5.41, 5.74) is 0.855. The zero-order valence-corrected chi connectivity index (χ0v) is 13.2. The van der Waals surface area contributed by atoms with Gasteiger partial charge in [0.15, 0.2) is 5.78 Å². The summed E-state index contributed by atoms with van der Waals surface area (Å²) in [6.07, 6.45) is -0.433. The Labute approximate surface area is 133 Å². The highest BCUT2D eigenvalue weighted by atomic mass is 32.2. The maximum Gasteiger partial charge on any atom is 0.308 e. The fourth-order valence-electron chi connectivity index (χ4n) is 2.45. The largest absolute Gasteiger partial charge is 0.481 e. The Bertz CT molecular complexity index is 639. The predicted molar refractivity (Wildman–Crippen MR) is 84.7 cm³/mol. The van der Waals surface area contributed by atoms with Crippen molar-refractivity contribution in [3.8, 4) is 0 Å². The normalized spacial score (nSPS) is 18.0. The molecule has 6 heteroatoms. The van der Waals surface area contributed by atoms with Gasteiger partial charge < -0.3 is 10.0 Å². The van der Waals surface area contributed by atoms with E-state index in [4.69, 9.17) is 5.11 Å². The standard InChI is InChI=1S/C16H17NO4S/c1-3-22-16-13(14(20)10-7-5-4-6-8-10)11(9-12(18)19)15(21)17(16)2/h4-8,16H,3,9H2,1-2H3,(H,18,19)/t16-/m1/s1. The van der Waals surface area contributed by atoms with Crippen molar-refractivity contribution < 1.29 is 19.5 Å². The fraction of sp³-hybridized carbons (Fsp3) is 0.312. The molecule has 0 bridgehead atoms. The monoisotopic (exact) mass is 319 g/mol. The molecular weight excluding hydrogens is 302 g/mol. The van der Waals surface area contributed by atoms with Crippen LogP contribution in [0.15, 0.2) is 41.5 Å². The van der Waals surface area contributed by atoms with Gasteiger partial charge in [-0.2, -0.15) is 0 Å². The van der Waals surface area contributed by atoms with E-state index in [0.29, 0.717) is 16.9 Å². The molecule has 0 fully saturated rings. The van der Waals surface area contributed by atoms with Crippen LogP contribution in [0.1, 0.15) is 23.7 Å². The van der Waals surface area contributed by atoms with Crippen LogP contribution in [0, 0.1) is 0 Å². The lowest BCUT2D eigenvalue weighted by molar-refractivity contribution is -0.137. The molecule has 1 aliphatic heterocycles. The van der Waals surface area contributed by atoms with Crippen molar-refractivity contribution in [1.82, 2.24) is 4.90 Å². The molecule has 1 atom stereocenters. The zero-order valence-electron chi connectivity index (χ0n) is 12.4. The van der Waals surface area contributed by atoms with Crippen molar-refractivity contribution in [2.75, 3.05) is 12.8 Å². The first-order valence-corrected chi connectivity index (χ1v) is 7.95. The van der Waals surface area contributed by atoms with Gasteiger partial charge in [0.2, 0.25) is 0 Å². The highest BCUT2D eigenvalue weighted by molar-refractivity contribution is 8.00. The van der Waals surface area contributed by atoms with E-state index >= 15 is 0 Å². The molecule has 0 saturated heterocycles. The number of rotatable bonds is 6. The molecule has 0 spiro atoms. The lowest BCUT2D eigenvalue weighted by Crippen LogP contribution is -2.31. The number of carboxylic acid groups (broad SMARTS) is 1. The lowest BCUT2D eigenvalue weighted by atomic mass is 9.98. The fourth-order valence-corrected chi connectivity index (χ4v) is 3.50. The molecule has 1 aromatic rings. The van der Waals surface area contributed by atoms with E-state index in [1.54, 1.807) is 37.4 Å². The van der Waals surface area contributed by atoms with Gasteiger partial charge >= 0.3 is 5.97 Å². The molecule has 1 aliphatic rings. The number of amides is 1. The van der Waals surface area contributed by atoms with E-state index in [0.717, 1.165) is 0 Å². The third-order valence-corrected chi connectivity index (χ3v) is 4.64. The van der Waals surface area contributed by atoms with Crippen molar-refractivity contribution in [3.05, 3.63) is 47.0 Å². The Balaban J connectivity index is 2.51. The number of aliphatic carboxylic acids is 1. The van der Waals surface area contributed by atoms with Crippen LogP contribution >= 0.6 is 11.8 Å². The Hall–Kier alpha value is -2.08. The SMILES string of the molecule is CCS[C@@H]1C(C(=O)c2ccccc2)=C(CC(=O)O)C(=O)N1C. The lowest BCUT2D eigenvalue weighted by Gasteiger charge is -2.21. The molecule has 0 unspecified atom stereocenters. The summed E-state index contributed by atoms with van der Waals surface area (Å²) in [6, 6.07) is 8.63. The number of nitrogens with zero attached hydrogens (tertiary/aromatic N) is 1. The topological polar surface area (TPSA) is 74.7 Å². The van der Waals surface area contributed by atoms with E-state index in [1.807, 2.05) is 6.92 Å². The molecule has 116 valence electrons. The average Bonchev–Trinajstić information content (AvgIpc) is 2.72. The van der Waals surface area contributed by atoms with Crippen LogP contribution in [-0.2, 0) is 9.59 Å². The second kappa shape index (κ2) is 6.79. The summed E-state index contributed by atoms with van der Waals surface area (Å²) in [5, 5.41) is 8.61. The Kier molecular flexibility index (Phi) is 5.03. The van der Waals surface area contributed by atoms with E-state index in [9.17, 15) is 14.4 Å². The smallest absolute Gasteiger partial charge is 0.308 e. The molecule has 0 aliphatic carbocycles. The third-order valence-electron chi connectivity index (χ3n) is 3.44. The number of Topliss-reactive ketones (excluding diaryl/α,β-unsaturated/α-hetero) is 1. The summed E-state index contributed by atoms with van der Waals surface area (Å²) in [4.78, 5) is 37.6. The van der Waals surface area contributed by atoms with Gasteiger partial charge in [-0.05, 0) is 5.75 Å². The molecule has 0 radical (unpaired) electrons. The summed E-state index contributed by atoms with van der Waals surface area (Å²) in [5.74, 6) is -1.06. The first-order valence-electron chi connectivity index (χ1n) is 6.90. The van der Waals surface area contributed by atoms with Gasteiger partial charge in [0.25, 0.3) is 5.91 Å². The van der Waals surface area contributed by atoms with E-state index in [1.165, 1.54) is 16.7 Å². The number of ketones is 1. The number of likely N-dealkylation sites (N-methyl/N-ethyl adjacent to an activating group) is 1. The van der Waals surface area contributed by atoms with Crippen LogP contribution in [0.25, 0.3) is 0 Å². The first kappa shape index (κ1) is 16.3. The quantitative estimate of drug-likeness (QED) is 0.814. The molecule has 0 saturated carbocycles. The van der Waals surface area contributed by atoms with E-state index in [2.05, 4.69) is 0 Å². The van der Waals surface area contributed by atoms with Gasteiger partial charge in [0.05, 0.1) is 6.42 Å². The molecule has 1 amide bonds. The van der Waals surface area contributed by atoms with Gasteiger partial charge in [-0.25, -0.2) is 0 Å². The zero-order chi connectivity index (χ0) is 16.3. The predicted octanol–water partition coefficient (Wildman–Crippen LogP) is 2.19. The van der Waals surface area contributed by atoms with Crippen LogP contribution in [0.3, 0.4) is 0 Å². The minimum absolute atomic E-state index is 0.0924. The van der Waals surface area contributed by atoms with Crippen molar-refractivity contribution in [2.24, 2.45) is 0 Å². The molecule has 2 rings (SSSR count). The van der Waals surface area contributed by atoms with Gasteiger partial charge in [-0.15, -0.1) is 11.8 Å². The summed E-state index contributed by atoms with van der Waals surface area (Å²) in [6.45, 7) is 1.93. The maximum absolute atomic E-state index is 12.8. The van der Waals surface area contributed by atoms with E-state index < -0.39 is 17.8 Å². The first-order chi connectivity index (χ1) is 10.5. The molecule has 1 heterocycles. The number of carboxylic acids is 1. The van der Waals surface area contributed by atoms with Crippen LogP contribution < -0.4 is 0 Å². The Morgan fingerprint density at radius 3 is 2.45 bits per heavy atom. The number of carbonyl (C=O) groups is 3. The molecule has 5 nitrogen and oxygen atoms in total. The summed E-state index contributed by atoms with van der Waals surface area (Å²) < 4.78 is 0. The van der Waals surface area contributed by atoms with Crippen molar-refractivity contribution in [1.29, 1.82) is 0 Å². The number of hydrogen-bond donors (Lipinski definition) is 1. The van der Waals surface area contributed by atoms with Gasteiger partial charge in [0.1, 0.15) is 5.37 Å². The van der Waals surface area contributed by atoms with Crippen LogP contribution in [0.2, 0.25) is 0 Å². The van der Waals surface area contributed by atoms with Crippen molar-refractivity contribution in [2.45, 2.75) is 18.7 Å². The number of carbonyl (C=O) groups excluding carboxylic acids is 2. The summed E-state index contributed by atoms with van der Waals surface area (Å²) >= 11 is 1.45. The molecule has 1 aromatic carbocycles. The number of thioether (sulfide) groups is 1. The van der Waals surface area contributed by atoms with Crippen molar-refractivity contribution >= 4 is 29.4 Å². The van der Waals surface area contributed by atoms with Crippen LogP contribution in [0.5, 0.6) is 0 Å². The van der Waals surface area contributed by atoms with Gasteiger partial charge in [-0.1, -0.05) is 37.3 Å². The third kappa shape index (κ3) is 3.06. The number of hydrogen-bond acceptors (Lipinski definition) is 4. The Morgan fingerprint density at radius 2 is 1.91 bits per heavy atom. The maximum atomic E-state index is 12.8. The Morgan fingerprint density at radius 1 is 1.27 bits per heavy atom. The highest BCUT2D eigenvalue weighted by Gasteiger charge is 2.41. The number of benzene rings is 1. The van der Waals surface area contributed by atoms with Crippen molar-refractivity contribution in [3.63, 3.8) is 0 Å². The van der Waals surface area contributed by atoms with Gasteiger partial charge in [0, 0.05) is 23.8 Å². The second-order valence-corrected chi connectivity index (χ2v) is 6.24. The molecule has 22 heavy (non-hydrogen) atoms. The van der Waals surface area contributed by atoms with Crippen LogP contribution in [0.4, 0.5) is 0 Å². The molecule has 1 N–H and O–H groups in total. The second-order valence-electron chi connectivity index (χ2n) is 4.88. The average molecular weight is 319 g/mol. The minimum Gasteiger partial charge on any atom is -0.481 e. The van der Waals surface area contributed by atoms with Crippen LogP contribution in [-0.4, -0.2) is 45.8 Å². The van der Waals surface area contributed by atoms with E-state index in [-0.39, 0.29) is 17.3 Å².